The Balaban J connectivity index is 2.09. The van der Waals surface area contributed by atoms with Gasteiger partial charge in [-0.1, -0.05) is 43.3 Å². The first-order valence-electron chi connectivity index (χ1n) is 8.78. The summed E-state index contributed by atoms with van der Waals surface area (Å²) in [5.74, 6) is -0.984. The van der Waals surface area contributed by atoms with Gasteiger partial charge in [-0.3, -0.25) is 9.78 Å². The largest absolute Gasteiger partial charge is 0.349 e. The van der Waals surface area contributed by atoms with E-state index in [4.69, 9.17) is 11.6 Å². The van der Waals surface area contributed by atoms with Gasteiger partial charge in [0.15, 0.2) is 0 Å². The molecule has 1 aliphatic heterocycles. The smallest absolute Gasteiger partial charge is 0.225 e. The zero-order valence-corrected chi connectivity index (χ0v) is 15.9. The van der Waals surface area contributed by atoms with Crippen LogP contribution in [0.25, 0.3) is 0 Å². The lowest BCUT2D eigenvalue weighted by atomic mass is 9.91. The number of hydrogen-bond acceptors (Lipinski definition) is 3. The van der Waals surface area contributed by atoms with E-state index in [0.29, 0.717) is 23.7 Å². The molecule has 1 saturated heterocycles. The second-order valence-corrected chi connectivity index (χ2v) is 6.80. The molecule has 0 aromatic carbocycles. The average molecular weight is 378 g/mol. The van der Waals surface area contributed by atoms with Crippen molar-refractivity contribution in [1.29, 1.82) is 0 Å². The Morgan fingerprint density at radius 1 is 1.54 bits per heavy atom. The predicted octanol–water partition coefficient (Wildman–Crippen LogP) is 3.92. The van der Waals surface area contributed by atoms with Gasteiger partial charge in [0.25, 0.3) is 0 Å². The van der Waals surface area contributed by atoms with E-state index in [2.05, 4.69) is 22.2 Å². The molecule has 0 saturated carbocycles. The Bertz CT molecular complexity index is 700. The number of nitrogens with zero attached hydrogens (tertiary/aromatic N) is 1. The van der Waals surface area contributed by atoms with E-state index in [0.717, 1.165) is 12.1 Å². The summed E-state index contributed by atoms with van der Waals surface area (Å²) in [6, 6.07) is 3.14. The number of halogens is 2. The first-order valence-corrected chi connectivity index (χ1v) is 9.15. The zero-order chi connectivity index (χ0) is 19.1. The molecule has 3 unspecified atom stereocenters. The molecule has 0 bridgehead atoms. The Morgan fingerprint density at radius 2 is 2.31 bits per heavy atom. The normalized spacial score (nSPS) is 21.8. The van der Waals surface area contributed by atoms with Crippen LogP contribution in [-0.2, 0) is 4.79 Å². The van der Waals surface area contributed by atoms with Crippen molar-refractivity contribution in [1.82, 2.24) is 15.6 Å². The first kappa shape index (κ1) is 20.3. The average Bonchev–Trinajstić information content (AvgIpc) is 3.08. The Kier molecular flexibility index (Phi) is 7.54. The minimum Gasteiger partial charge on any atom is -0.349 e. The summed E-state index contributed by atoms with van der Waals surface area (Å²) in [5, 5.41) is 6.70. The zero-order valence-electron chi connectivity index (χ0n) is 15.1. The second kappa shape index (κ2) is 9.64. The third kappa shape index (κ3) is 5.26. The quantitative estimate of drug-likeness (QED) is 0.708. The molecule has 4 nitrogen and oxygen atoms in total. The topological polar surface area (TPSA) is 54.0 Å². The van der Waals surface area contributed by atoms with Crippen LogP contribution in [-0.4, -0.2) is 30.0 Å². The van der Waals surface area contributed by atoms with Crippen molar-refractivity contribution in [3.8, 4) is 0 Å². The summed E-state index contributed by atoms with van der Waals surface area (Å²) >= 11 is 5.89. The molecule has 1 aromatic heterocycles. The fourth-order valence-electron chi connectivity index (χ4n) is 3.05. The molecule has 140 valence electrons. The molecule has 2 heterocycles. The summed E-state index contributed by atoms with van der Waals surface area (Å²) in [6.07, 6.45) is 7.79. The van der Waals surface area contributed by atoms with E-state index in [1.54, 1.807) is 31.3 Å². The summed E-state index contributed by atoms with van der Waals surface area (Å²) in [5.41, 5.74) is 1.19. The summed E-state index contributed by atoms with van der Waals surface area (Å²) in [7, 11) is 0. The van der Waals surface area contributed by atoms with Crippen LogP contribution in [0.3, 0.4) is 0 Å². The maximum absolute atomic E-state index is 13.8. The minimum absolute atomic E-state index is 0.0412. The number of nitrogens with one attached hydrogen (secondary N) is 2. The number of carbonyl (C=O) groups is 1. The molecule has 3 atom stereocenters. The Morgan fingerprint density at radius 3 is 2.92 bits per heavy atom. The van der Waals surface area contributed by atoms with Crippen LogP contribution in [0.4, 0.5) is 4.39 Å². The number of amides is 1. The van der Waals surface area contributed by atoms with Gasteiger partial charge < -0.3 is 10.6 Å². The van der Waals surface area contributed by atoms with Gasteiger partial charge >= 0.3 is 0 Å². The second-order valence-electron chi connectivity index (χ2n) is 6.37. The molecule has 1 aliphatic rings. The van der Waals surface area contributed by atoms with Crippen LogP contribution >= 0.6 is 11.6 Å². The molecule has 2 rings (SSSR count). The first-order chi connectivity index (χ1) is 12.4. The van der Waals surface area contributed by atoms with Crippen LogP contribution < -0.4 is 10.6 Å². The van der Waals surface area contributed by atoms with E-state index in [9.17, 15) is 9.18 Å². The number of rotatable bonds is 7. The van der Waals surface area contributed by atoms with Gasteiger partial charge in [0, 0.05) is 36.5 Å². The highest BCUT2D eigenvalue weighted by molar-refractivity contribution is 6.30. The van der Waals surface area contributed by atoms with Crippen molar-refractivity contribution in [2.45, 2.75) is 32.2 Å². The van der Waals surface area contributed by atoms with Crippen molar-refractivity contribution >= 4 is 17.5 Å². The highest BCUT2D eigenvalue weighted by Crippen LogP contribution is 2.28. The number of hydrogen-bond donors (Lipinski definition) is 2. The number of carbonyl (C=O) groups excluding carboxylic acids is 1. The predicted molar refractivity (Wildman–Crippen MR) is 104 cm³/mol. The van der Waals surface area contributed by atoms with Gasteiger partial charge in [-0.25, -0.2) is 4.39 Å². The Hall–Kier alpha value is -1.98. The van der Waals surface area contributed by atoms with E-state index in [1.807, 2.05) is 19.1 Å². The third-order valence-electron chi connectivity index (χ3n) is 4.47. The van der Waals surface area contributed by atoms with Gasteiger partial charge in [0.05, 0.1) is 17.0 Å². The van der Waals surface area contributed by atoms with Crippen LogP contribution in [0.5, 0.6) is 0 Å². The molecular formula is C20H25ClFN3O. The maximum atomic E-state index is 13.8. The molecule has 6 heteroatoms. The van der Waals surface area contributed by atoms with Gasteiger partial charge in [0.1, 0.15) is 5.83 Å². The number of allylic oxidation sites excluding steroid dienone is 3. The molecule has 0 spiro atoms. The van der Waals surface area contributed by atoms with Gasteiger partial charge in [-0.2, -0.15) is 0 Å². The summed E-state index contributed by atoms with van der Waals surface area (Å²) < 4.78 is 13.8. The minimum atomic E-state index is -0.543. The molecule has 1 amide bonds. The lowest BCUT2D eigenvalue weighted by molar-refractivity contribution is -0.125. The fraction of sp³-hybridized carbons (Fsp3) is 0.400. The van der Waals surface area contributed by atoms with E-state index >= 15 is 0 Å². The molecule has 1 aromatic rings. The summed E-state index contributed by atoms with van der Waals surface area (Å²) in [6.45, 7) is 8.35. The third-order valence-corrected chi connectivity index (χ3v) is 4.69. The molecular weight excluding hydrogens is 353 g/mol. The molecule has 0 radical (unpaired) electrons. The van der Waals surface area contributed by atoms with Crippen LogP contribution in [0.2, 0.25) is 5.02 Å². The van der Waals surface area contributed by atoms with Crippen LogP contribution in [0, 0.1) is 5.92 Å². The highest BCUT2D eigenvalue weighted by atomic mass is 35.5. The van der Waals surface area contributed by atoms with Crippen LogP contribution in [0.15, 0.2) is 54.5 Å². The number of pyridine rings is 1. The fourth-order valence-corrected chi connectivity index (χ4v) is 3.16. The van der Waals surface area contributed by atoms with Gasteiger partial charge in [-0.15, -0.1) is 0 Å². The summed E-state index contributed by atoms with van der Waals surface area (Å²) in [4.78, 5) is 17.1. The van der Waals surface area contributed by atoms with Crippen molar-refractivity contribution in [3.05, 3.63) is 65.3 Å². The Labute approximate surface area is 159 Å². The van der Waals surface area contributed by atoms with Gasteiger partial charge in [-0.05, 0) is 25.5 Å². The highest BCUT2D eigenvalue weighted by Gasteiger charge is 2.35. The van der Waals surface area contributed by atoms with E-state index in [1.165, 1.54) is 0 Å². The van der Waals surface area contributed by atoms with E-state index in [-0.39, 0.29) is 17.7 Å². The molecule has 26 heavy (non-hydrogen) atoms. The number of aromatic nitrogens is 1. The SMILES string of the molecule is C=C(F)C(=CC=CCC)C(C)NC(=O)C1CNCC1c1ccc(Cl)cn1. The van der Waals surface area contributed by atoms with Gasteiger partial charge in [0.2, 0.25) is 5.91 Å². The monoisotopic (exact) mass is 377 g/mol. The van der Waals surface area contributed by atoms with Crippen LogP contribution in [0.1, 0.15) is 31.9 Å². The molecule has 2 N–H and O–H groups in total. The van der Waals surface area contributed by atoms with E-state index < -0.39 is 11.9 Å². The lowest BCUT2D eigenvalue weighted by Crippen LogP contribution is -2.40. The van der Waals surface area contributed by atoms with Crippen molar-refractivity contribution < 1.29 is 9.18 Å². The lowest BCUT2D eigenvalue weighted by Gasteiger charge is -2.22. The molecule has 1 fully saturated rings. The standard InChI is InChI=1S/C20H25ClFN3O/c1-4-5-6-7-16(13(2)22)14(3)25-20(26)18-12-23-11-17(18)19-9-8-15(21)10-24-19/h5-10,14,17-18,23H,2,4,11-12H2,1,3H3,(H,25,26). The van der Waals surface area contributed by atoms with Crippen molar-refractivity contribution in [2.75, 3.05) is 13.1 Å². The van der Waals surface area contributed by atoms with Crippen molar-refractivity contribution in [2.24, 2.45) is 5.92 Å². The molecule has 0 aliphatic carbocycles. The maximum Gasteiger partial charge on any atom is 0.225 e. The van der Waals surface area contributed by atoms with Crippen molar-refractivity contribution in [3.63, 3.8) is 0 Å².